The van der Waals surface area contributed by atoms with Gasteiger partial charge >= 0.3 is 5.97 Å². The number of nitrogens with one attached hydrogen (secondary N) is 1. The first kappa shape index (κ1) is 16.8. The van der Waals surface area contributed by atoms with Crippen molar-refractivity contribution in [2.75, 3.05) is 11.8 Å². The second-order valence-electron chi connectivity index (χ2n) is 4.98. The van der Waals surface area contributed by atoms with Crippen LogP contribution in [0.15, 0.2) is 47.4 Å². The van der Waals surface area contributed by atoms with Gasteiger partial charge in [-0.2, -0.15) is 0 Å². The fraction of sp³-hybridized carbons (Fsp3) is 0.188. The monoisotopic (exact) mass is 335 g/mol. The van der Waals surface area contributed by atoms with Crippen molar-refractivity contribution in [3.8, 4) is 5.75 Å². The van der Waals surface area contributed by atoms with Crippen LogP contribution in [0.3, 0.4) is 0 Å². The van der Waals surface area contributed by atoms with Crippen LogP contribution in [-0.4, -0.2) is 26.6 Å². The van der Waals surface area contributed by atoms with E-state index in [2.05, 4.69) is 4.72 Å². The fourth-order valence-electron chi connectivity index (χ4n) is 2.10. The predicted octanol–water partition coefficient (Wildman–Crippen LogP) is 2.43. The summed E-state index contributed by atoms with van der Waals surface area (Å²) in [6, 6.07) is 11.3. The molecule has 0 aliphatic rings. The van der Waals surface area contributed by atoms with Gasteiger partial charge in [0.15, 0.2) is 0 Å². The summed E-state index contributed by atoms with van der Waals surface area (Å²) in [6.07, 6.45) is -0.267. The number of anilines is 1. The summed E-state index contributed by atoms with van der Waals surface area (Å²) in [6.45, 7) is 1.79. The summed E-state index contributed by atoms with van der Waals surface area (Å²) in [5, 5.41) is 8.86. The van der Waals surface area contributed by atoms with Gasteiger partial charge in [0.1, 0.15) is 10.6 Å². The second kappa shape index (κ2) is 6.70. The van der Waals surface area contributed by atoms with E-state index in [1.165, 1.54) is 25.3 Å². The molecule has 0 amide bonds. The number of methoxy groups -OCH3 is 1. The number of para-hydroxylation sites is 1. The van der Waals surface area contributed by atoms with Gasteiger partial charge in [0, 0.05) is 0 Å². The van der Waals surface area contributed by atoms with Crippen LogP contribution >= 0.6 is 0 Å². The van der Waals surface area contributed by atoms with Gasteiger partial charge in [-0.1, -0.05) is 24.3 Å². The van der Waals surface area contributed by atoms with Gasteiger partial charge in [0.25, 0.3) is 10.0 Å². The van der Waals surface area contributed by atoms with Crippen LogP contribution in [0.5, 0.6) is 5.75 Å². The van der Waals surface area contributed by atoms with Crippen molar-refractivity contribution in [1.29, 1.82) is 0 Å². The molecular formula is C16H17NO5S. The third kappa shape index (κ3) is 4.01. The van der Waals surface area contributed by atoms with E-state index in [0.29, 0.717) is 11.3 Å². The van der Waals surface area contributed by atoms with E-state index in [9.17, 15) is 13.2 Å². The predicted molar refractivity (Wildman–Crippen MR) is 86.3 cm³/mol. The summed E-state index contributed by atoms with van der Waals surface area (Å²) >= 11 is 0. The van der Waals surface area contributed by atoms with Crippen LogP contribution < -0.4 is 9.46 Å². The third-order valence-corrected chi connectivity index (χ3v) is 4.65. The Morgan fingerprint density at radius 3 is 2.52 bits per heavy atom. The van der Waals surface area contributed by atoms with Crippen LogP contribution in [0.1, 0.15) is 11.1 Å². The number of hydrogen-bond acceptors (Lipinski definition) is 4. The molecule has 0 aliphatic heterocycles. The molecule has 0 fully saturated rings. The number of carboxylic acid groups (broad SMARTS) is 1. The zero-order valence-electron chi connectivity index (χ0n) is 12.7. The lowest BCUT2D eigenvalue weighted by atomic mass is 10.1. The van der Waals surface area contributed by atoms with E-state index in [0.717, 1.165) is 5.56 Å². The number of ether oxygens (including phenoxy) is 1. The van der Waals surface area contributed by atoms with Crippen LogP contribution in [0.4, 0.5) is 5.69 Å². The maximum Gasteiger partial charge on any atom is 0.307 e. The number of carboxylic acids is 1. The SMILES string of the molecule is COc1ccc(CC(=O)O)cc1S(=O)(=O)Nc1ccccc1C. The topological polar surface area (TPSA) is 92.7 Å². The molecule has 2 aromatic carbocycles. The molecule has 7 heteroatoms. The molecule has 0 saturated heterocycles. The van der Waals surface area contributed by atoms with Crippen molar-refractivity contribution >= 4 is 21.7 Å². The smallest absolute Gasteiger partial charge is 0.307 e. The first-order valence-corrected chi connectivity index (χ1v) is 8.29. The van der Waals surface area contributed by atoms with Crippen LogP contribution in [0.2, 0.25) is 0 Å². The first-order chi connectivity index (χ1) is 10.8. The Morgan fingerprint density at radius 2 is 1.91 bits per heavy atom. The molecule has 0 saturated carbocycles. The summed E-state index contributed by atoms with van der Waals surface area (Å²) in [5.74, 6) is -0.884. The van der Waals surface area contributed by atoms with Crippen molar-refractivity contribution in [3.05, 3.63) is 53.6 Å². The molecule has 2 N–H and O–H groups in total. The van der Waals surface area contributed by atoms with E-state index in [4.69, 9.17) is 9.84 Å². The number of benzene rings is 2. The van der Waals surface area contributed by atoms with Crippen LogP contribution in [0, 0.1) is 6.92 Å². The Kier molecular flexibility index (Phi) is 4.90. The Labute approximate surface area is 134 Å². The number of aliphatic carboxylic acids is 1. The Balaban J connectivity index is 2.45. The van der Waals surface area contributed by atoms with Crippen LogP contribution in [0.25, 0.3) is 0 Å². The number of rotatable bonds is 6. The highest BCUT2D eigenvalue weighted by Crippen LogP contribution is 2.28. The third-order valence-electron chi connectivity index (χ3n) is 3.26. The Hall–Kier alpha value is -2.54. The molecule has 2 rings (SSSR count). The van der Waals surface area contributed by atoms with Gasteiger partial charge in [-0.3, -0.25) is 9.52 Å². The van der Waals surface area contributed by atoms with E-state index < -0.39 is 16.0 Å². The molecule has 0 unspecified atom stereocenters. The highest BCUT2D eigenvalue weighted by atomic mass is 32.2. The van der Waals surface area contributed by atoms with Crippen molar-refractivity contribution in [2.45, 2.75) is 18.2 Å². The molecular weight excluding hydrogens is 318 g/mol. The first-order valence-electron chi connectivity index (χ1n) is 6.80. The Morgan fingerprint density at radius 1 is 1.22 bits per heavy atom. The molecule has 23 heavy (non-hydrogen) atoms. The molecule has 2 aromatic rings. The van der Waals surface area contributed by atoms with Crippen molar-refractivity contribution in [1.82, 2.24) is 0 Å². The second-order valence-corrected chi connectivity index (χ2v) is 6.63. The minimum absolute atomic E-state index is 0.0954. The maximum absolute atomic E-state index is 12.6. The zero-order chi connectivity index (χ0) is 17.0. The molecule has 0 spiro atoms. The van der Waals surface area contributed by atoms with E-state index in [-0.39, 0.29) is 17.1 Å². The van der Waals surface area contributed by atoms with E-state index in [1.54, 1.807) is 31.2 Å². The lowest BCUT2D eigenvalue weighted by molar-refractivity contribution is -0.136. The molecule has 122 valence electrons. The van der Waals surface area contributed by atoms with Crippen molar-refractivity contribution < 1.29 is 23.1 Å². The lowest BCUT2D eigenvalue weighted by Gasteiger charge is -2.14. The summed E-state index contributed by atoms with van der Waals surface area (Å²) in [7, 11) is -2.54. The molecule has 0 aliphatic carbocycles. The van der Waals surface area contributed by atoms with Gasteiger partial charge in [-0.15, -0.1) is 0 Å². The van der Waals surface area contributed by atoms with E-state index in [1.807, 2.05) is 0 Å². The van der Waals surface area contributed by atoms with Gasteiger partial charge < -0.3 is 9.84 Å². The molecule has 0 bridgehead atoms. The lowest BCUT2D eigenvalue weighted by Crippen LogP contribution is -2.15. The summed E-state index contributed by atoms with van der Waals surface area (Å²) < 4.78 is 32.9. The Bertz CT molecular complexity index is 830. The van der Waals surface area contributed by atoms with Crippen molar-refractivity contribution in [3.63, 3.8) is 0 Å². The zero-order valence-corrected chi connectivity index (χ0v) is 13.6. The average Bonchev–Trinajstić information content (AvgIpc) is 2.49. The van der Waals surface area contributed by atoms with Gasteiger partial charge in [-0.25, -0.2) is 8.42 Å². The summed E-state index contributed by atoms with van der Waals surface area (Å²) in [5.41, 5.74) is 1.61. The highest BCUT2D eigenvalue weighted by Gasteiger charge is 2.21. The van der Waals surface area contributed by atoms with Gasteiger partial charge in [0.2, 0.25) is 0 Å². The van der Waals surface area contributed by atoms with Crippen molar-refractivity contribution in [2.24, 2.45) is 0 Å². The maximum atomic E-state index is 12.6. The molecule has 0 radical (unpaired) electrons. The molecule has 6 nitrogen and oxygen atoms in total. The number of carbonyl (C=O) groups is 1. The van der Waals surface area contributed by atoms with Crippen LogP contribution in [-0.2, 0) is 21.2 Å². The molecule has 0 atom stereocenters. The fourth-order valence-corrected chi connectivity index (χ4v) is 3.45. The minimum atomic E-state index is -3.90. The molecule has 0 heterocycles. The quantitative estimate of drug-likeness (QED) is 0.846. The molecule has 0 aromatic heterocycles. The normalized spacial score (nSPS) is 11.0. The minimum Gasteiger partial charge on any atom is -0.495 e. The standard InChI is InChI=1S/C16H17NO5S/c1-11-5-3-4-6-13(11)17-23(20,21)15-9-12(10-16(18)19)7-8-14(15)22-2/h3-9,17H,10H2,1-2H3,(H,18,19). The van der Waals surface area contributed by atoms with E-state index >= 15 is 0 Å². The largest absolute Gasteiger partial charge is 0.495 e. The number of aryl methyl sites for hydroxylation is 1. The number of hydrogen-bond donors (Lipinski definition) is 2. The van der Waals surface area contributed by atoms with Gasteiger partial charge in [-0.05, 0) is 36.2 Å². The van der Waals surface area contributed by atoms with Gasteiger partial charge in [0.05, 0.1) is 19.2 Å². The average molecular weight is 335 g/mol. The summed E-state index contributed by atoms with van der Waals surface area (Å²) in [4.78, 5) is 10.7. The highest BCUT2D eigenvalue weighted by molar-refractivity contribution is 7.92. The number of sulfonamides is 1.